The maximum absolute atomic E-state index is 10.5. The molecule has 1 fully saturated rings. The van der Waals surface area contributed by atoms with Crippen LogP contribution < -0.4 is 0 Å². The van der Waals surface area contributed by atoms with Gasteiger partial charge in [0.15, 0.2) is 0 Å². The Morgan fingerprint density at radius 2 is 2.24 bits per heavy atom. The molecule has 0 spiro atoms. The highest BCUT2D eigenvalue weighted by atomic mass is 32.1. The van der Waals surface area contributed by atoms with Crippen molar-refractivity contribution < 1.29 is 5.11 Å². The van der Waals surface area contributed by atoms with Crippen molar-refractivity contribution in [2.45, 2.75) is 38.7 Å². The fraction of sp³-hybridized carbons (Fsp3) is 0.571. The molecular formula is C14H18OS2. The zero-order valence-corrected chi connectivity index (χ0v) is 11.7. The van der Waals surface area contributed by atoms with Crippen molar-refractivity contribution >= 4 is 32.1 Å². The van der Waals surface area contributed by atoms with E-state index in [-0.39, 0.29) is 6.10 Å². The van der Waals surface area contributed by atoms with Gasteiger partial charge in [-0.25, -0.2) is 0 Å². The molecule has 92 valence electrons. The Labute approximate surface area is 110 Å². The zero-order chi connectivity index (χ0) is 11.8. The molecule has 0 radical (unpaired) electrons. The maximum atomic E-state index is 10.5. The van der Waals surface area contributed by atoms with E-state index < -0.39 is 0 Å². The zero-order valence-electron chi connectivity index (χ0n) is 10.1. The predicted molar refractivity (Wildman–Crippen MR) is 75.8 cm³/mol. The summed E-state index contributed by atoms with van der Waals surface area (Å²) in [7, 11) is 0. The summed E-state index contributed by atoms with van der Waals surface area (Å²) in [5.41, 5.74) is 0. The van der Waals surface area contributed by atoms with Crippen molar-refractivity contribution in [2.75, 3.05) is 0 Å². The van der Waals surface area contributed by atoms with Crippen molar-refractivity contribution in [3.63, 3.8) is 0 Å². The third kappa shape index (κ3) is 2.28. The standard InChI is InChI=1S/C14H18OS2/c1-9-3-2-4-10(7-9)14(15)13-8-12-11(17-13)5-6-16-12/h5-6,8-10,14-15H,2-4,7H2,1H3. The second kappa shape index (κ2) is 4.71. The fourth-order valence-electron chi connectivity index (χ4n) is 2.93. The Morgan fingerprint density at radius 1 is 1.35 bits per heavy atom. The molecule has 0 saturated heterocycles. The molecule has 1 N–H and O–H groups in total. The van der Waals surface area contributed by atoms with Gasteiger partial charge in [0, 0.05) is 14.3 Å². The fourth-order valence-corrected chi connectivity index (χ4v) is 5.13. The van der Waals surface area contributed by atoms with Crippen LogP contribution in [0.3, 0.4) is 0 Å². The van der Waals surface area contributed by atoms with Gasteiger partial charge in [0.05, 0.1) is 6.10 Å². The van der Waals surface area contributed by atoms with E-state index in [1.807, 2.05) is 0 Å². The highest BCUT2D eigenvalue weighted by molar-refractivity contribution is 7.26. The molecule has 3 atom stereocenters. The van der Waals surface area contributed by atoms with Crippen molar-refractivity contribution in [1.82, 2.24) is 0 Å². The Balaban J connectivity index is 1.81. The number of thiophene rings is 2. The van der Waals surface area contributed by atoms with E-state index >= 15 is 0 Å². The summed E-state index contributed by atoms with van der Waals surface area (Å²) < 4.78 is 2.65. The van der Waals surface area contributed by atoms with Gasteiger partial charge < -0.3 is 5.11 Å². The topological polar surface area (TPSA) is 20.2 Å². The average Bonchev–Trinajstić information content (AvgIpc) is 2.88. The monoisotopic (exact) mass is 266 g/mol. The molecule has 0 aromatic carbocycles. The van der Waals surface area contributed by atoms with E-state index in [4.69, 9.17) is 0 Å². The molecule has 1 aliphatic carbocycles. The third-order valence-electron chi connectivity index (χ3n) is 3.87. The van der Waals surface area contributed by atoms with Crippen LogP contribution in [0.5, 0.6) is 0 Å². The van der Waals surface area contributed by atoms with E-state index in [1.165, 1.54) is 40.0 Å². The molecule has 2 aromatic heterocycles. The summed E-state index contributed by atoms with van der Waals surface area (Å²) in [6.45, 7) is 2.31. The molecular weight excluding hydrogens is 248 g/mol. The molecule has 1 nitrogen and oxygen atoms in total. The van der Waals surface area contributed by atoms with Crippen molar-refractivity contribution in [1.29, 1.82) is 0 Å². The Kier molecular flexibility index (Phi) is 3.24. The SMILES string of the molecule is CC1CCCC(C(O)c2cc3sccc3s2)C1. The maximum Gasteiger partial charge on any atom is 0.0910 e. The number of fused-ring (bicyclic) bond motifs is 1. The van der Waals surface area contributed by atoms with Gasteiger partial charge in [-0.2, -0.15) is 0 Å². The molecule has 0 bridgehead atoms. The van der Waals surface area contributed by atoms with E-state index in [0.29, 0.717) is 5.92 Å². The van der Waals surface area contributed by atoms with Gasteiger partial charge >= 0.3 is 0 Å². The van der Waals surface area contributed by atoms with Crippen LogP contribution in [-0.4, -0.2) is 5.11 Å². The summed E-state index contributed by atoms with van der Waals surface area (Å²) in [5.74, 6) is 1.26. The van der Waals surface area contributed by atoms with Crippen LogP contribution in [0.1, 0.15) is 43.6 Å². The lowest BCUT2D eigenvalue weighted by Gasteiger charge is -2.29. The summed E-state index contributed by atoms with van der Waals surface area (Å²) in [6, 6.07) is 4.35. The van der Waals surface area contributed by atoms with Crippen LogP contribution in [0.4, 0.5) is 0 Å². The van der Waals surface area contributed by atoms with Gasteiger partial charge in [-0.15, -0.1) is 22.7 Å². The van der Waals surface area contributed by atoms with Gasteiger partial charge in [0.25, 0.3) is 0 Å². The second-order valence-corrected chi connectivity index (χ2v) is 7.34. The normalized spacial score (nSPS) is 27.4. The summed E-state index contributed by atoms with van der Waals surface area (Å²) in [4.78, 5) is 1.17. The van der Waals surface area contributed by atoms with Gasteiger partial charge in [-0.05, 0) is 42.2 Å². The highest BCUT2D eigenvalue weighted by Gasteiger charge is 2.27. The Hall–Kier alpha value is -0.380. The van der Waals surface area contributed by atoms with Crippen LogP contribution in [-0.2, 0) is 0 Å². The predicted octanol–water partition coefficient (Wildman–Crippen LogP) is 4.82. The van der Waals surface area contributed by atoms with Crippen LogP contribution in [0.2, 0.25) is 0 Å². The lowest BCUT2D eigenvalue weighted by Crippen LogP contribution is -2.19. The van der Waals surface area contributed by atoms with Crippen molar-refractivity contribution in [3.8, 4) is 0 Å². The highest BCUT2D eigenvalue weighted by Crippen LogP contribution is 2.41. The quantitative estimate of drug-likeness (QED) is 0.826. The Bertz CT molecular complexity index is 471. The summed E-state index contributed by atoms with van der Waals surface area (Å²) in [5, 5.41) is 12.6. The molecule has 0 aliphatic heterocycles. The minimum absolute atomic E-state index is 0.234. The lowest BCUT2D eigenvalue weighted by molar-refractivity contribution is 0.0743. The van der Waals surface area contributed by atoms with Crippen molar-refractivity contribution in [3.05, 3.63) is 22.4 Å². The van der Waals surface area contributed by atoms with Crippen LogP contribution in [0.15, 0.2) is 17.5 Å². The molecule has 3 heteroatoms. The molecule has 0 amide bonds. The molecule has 1 saturated carbocycles. The summed E-state index contributed by atoms with van der Waals surface area (Å²) in [6.07, 6.45) is 4.76. The number of aliphatic hydroxyl groups excluding tert-OH is 1. The second-order valence-electron chi connectivity index (χ2n) is 5.27. The minimum Gasteiger partial charge on any atom is -0.387 e. The van der Waals surface area contributed by atoms with Crippen LogP contribution in [0, 0.1) is 11.8 Å². The van der Waals surface area contributed by atoms with Gasteiger partial charge in [0.2, 0.25) is 0 Å². The van der Waals surface area contributed by atoms with Crippen LogP contribution in [0.25, 0.3) is 9.40 Å². The van der Waals surface area contributed by atoms with E-state index in [9.17, 15) is 5.11 Å². The van der Waals surface area contributed by atoms with E-state index in [1.54, 1.807) is 22.7 Å². The first kappa shape index (κ1) is 11.7. The smallest absolute Gasteiger partial charge is 0.0910 e. The molecule has 2 aromatic rings. The molecule has 3 unspecified atom stereocenters. The first-order valence-electron chi connectivity index (χ1n) is 6.39. The van der Waals surface area contributed by atoms with Crippen molar-refractivity contribution in [2.24, 2.45) is 11.8 Å². The number of hydrogen-bond acceptors (Lipinski definition) is 3. The van der Waals surface area contributed by atoms with Gasteiger partial charge in [0.1, 0.15) is 0 Å². The molecule has 1 aliphatic rings. The third-order valence-corrected chi connectivity index (χ3v) is 6.04. The number of hydrogen-bond donors (Lipinski definition) is 1. The van der Waals surface area contributed by atoms with E-state index in [2.05, 4.69) is 24.4 Å². The minimum atomic E-state index is -0.234. The van der Waals surface area contributed by atoms with Crippen LogP contribution >= 0.6 is 22.7 Å². The van der Waals surface area contributed by atoms with Gasteiger partial charge in [-0.1, -0.05) is 19.8 Å². The largest absolute Gasteiger partial charge is 0.387 e. The Morgan fingerprint density at radius 3 is 3.00 bits per heavy atom. The molecule has 3 rings (SSSR count). The average molecular weight is 266 g/mol. The first-order valence-corrected chi connectivity index (χ1v) is 8.08. The van der Waals surface area contributed by atoms with Gasteiger partial charge in [-0.3, -0.25) is 0 Å². The summed E-state index contributed by atoms with van der Waals surface area (Å²) >= 11 is 3.54. The number of aliphatic hydroxyl groups is 1. The first-order chi connectivity index (χ1) is 8.24. The van der Waals surface area contributed by atoms with E-state index in [0.717, 1.165) is 5.92 Å². The lowest BCUT2D eigenvalue weighted by atomic mass is 9.79. The number of rotatable bonds is 2. The molecule has 2 heterocycles. The molecule has 17 heavy (non-hydrogen) atoms.